The number of hydrogen-bond acceptors (Lipinski definition) is 7. The molecule has 3 heterocycles. The number of benzene rings is 2. The van der Waals surface area contributed by atoms with E-state index in [2.05, 4.69) is 5.32 Å². The molecular weight excluding hydrogens is 490 g/mol. The molecule has 2 fully saturated rings. The summed E-state index contributed by atoms with van der Waals surface area (Å²) in [6.45, 7) is 0.983. The molecule has 0 unspecified atom stereocenters. The topological polar surface area (TPSA) is 129 Å². The number of hydrogen-bond donors (Lipinski definition) is 1. The van der Waals surface area contributed by atoms with Crippen LogP contribution >= 0.6 is 0 Å². The molecule has 1 N–H and O–H groups in total. The molecule has 196 valence electrons. The lowest BCUT2D eigenvalue weighted by Gasteiger charge is -2.43. The predicted octanol–water partition coefficient (Wildman–Crippen LogP) is 2.79. The number of nitrogens with zero attached hydrogens (tertiary/aromatic N) is 4. The number of nitro groups is 1. The van der Waals surface area contributed by atoms with Crippen molar-refractivity contribution in [1.29, 1.82) is 0 Å². The summed E-state index contributed by atoms with van der Waals surface area (Å²) in [5.41, 5.74) is 0.0502. The molecule has 0 bridgehead atoms. The number of amides is 3. The molecule has 3 amide bonds. The number of carbonyl (C=O) groups is 3. The normalized spacial score (nSPS) is 16.6. The number of piperidine rings is 1. The molecule has 38 heavy (non-hydrogen) atoms. The van der Waals surface area contributed by atoms with Crippen LogP contribution in [0.4, 0.5) is 11.4 Å². The minimum atomic E-state index is -0.901. The van der Waals surface area contributed by atoms with E-state index in [0.717, 1.165) is 5.69 Å². The molecule has 2 aromatic carbocycles. The Balaban J connectivity index is 1.31. The van der Waals surface area contributed by atoms with Gasteiger partial charge in [-0.25, -0.2) is 0 Å². The van der Waals surface area contributed by atoms with Crippen molar-refractivity contribution in [2.45, 2.75) is 24.9 Å². The molecule has 1 spiro atoms. The number of carbonyl (C=O) groups excluding carboxylic acids is 3. The second-order valence-corrected chi connectivity index (χ2v) is 9.40. The van der Waals surface area contributed by atoms with E-state index >= 15 is 0 Å². The number of non-ortho nitro benzene ring substituents is 1. The quantitative estimate of drug-likeness (QED) is 0.377. The zero-order chi connectivity index (χ0) is 26.7. The lowest BCUT2D eigenvalue weighted by atomic mass is 9.85. The number of anilines is 1. The third-order valence-electron chi connectivity index (χ3n) is 7.14. The zero-order valence-electron chi connectivity index (χ0n) is 20.6. The first-order valence-electron chi connectivity index (χ1n) is 12.3. The van der Waals surface area contributed by atoms with Gasteiger partial charge in [0.2, 0.25) is 5.91 Å². The number of nitrogens with one attached hydrogen (secondary N) is 1. The third kappa shape index (κ3) is 4.82. The van der Waals surface area contributed by atoms with Gasteiger partial charge in [-0.3, -0.25) is 24.5 Å². The second-order valence-electron chi connectivity index (χ2n) is 9.40. The fraction of sp³-hybridized carbons (Fsp3) is 0.296. The summed E-state index contributed by atoms with van der Waals surface area (Å²) in [7, 11) is 0. The van der Waals surface area contributed by atoms with Gasteiger partial charge in [-0.15, -0.1) is 0 Å². The molecule has 2 saturated heterocycles. The molecule has 11 nitrogen and oxygen atoms in total. The second kappa shape index (κ2) is 10.4. The SMILES string of the molecule is O=C(CN1CN(c2ccccc2)C2(CCN(C(=O)c3cccc([N+](=O)[O-])c3)CC2)C1=O)NCc1ccco1. The molecule has 0 aliphatic carbocycles. The van der Waals surface area contributed by atoms with Gasteiger partial charge in [-0.1, -0.05) is 24.3 Å². The lowest BCUT2D eigenvalue weighted by Crippen LogP contribution is -2.57. The van der Waals surface area contributed by atoms with E-state index in [9.17, 15) is 24.5 Å². The van der Waals surface area contributed by atoms with E-state index in [1.807, 2.05) is 35.2 Å². The molecular formula is C27H27N5O6. The molecule has 2 aliphatic heterocycles. The first-order valence-corrected chi connectivity index (χ1v) is 12.3. The summed E-state index contributed by atoms with van der Waals surface area (Å²) in [6, 6.07) is 18.7. The first-order chi connectivity index (χ1) is 18.4. The largest absolute Gasteiger partial charge is 0.467 e. The van der Waals surface area contributed by atoms with Crippen molar-refractivity contribution in [1.82, 2.24) is 15.1 Å². The summed E-state index contributed by atoms with van der Waals surface area (Å²) < 4.78 is 5.25. The van der Waals surface area contributed by atoms with Crippen LogP contribution in [0.3, 0.4) is 0 Å². The van der Waals surface area contributed by atoms with Crippen molar-refractivity contribution in [3.8, 4) is 0 Å². The number of para-hydroxylation sites is 1. The van der Waals surface area contributed by atoms with Crippen molar-refractivity contribution in [2.24, 2.45) is 0 Å². The molecule has 0 radical (unpaired) electrons. The van der Waals surface area contributed by atoms with Crippen LogP contribution in [0.5, 0.6) is 0 Å². The van der Waals surface area contributed by atoms with Crippen molar-refractivity contribution in [2.75, 3.05) is 31.2 Å². The summed E-state index contributed by atoms with van der Waals surface area (Å²) in [6.07, 6.45) is 2.26. The Kier molecular flexibility index (Phi) is 6.82. The van der Waals surface area contributed by atoms with Crippen LogP contribution in [0.25, 0.3) is 0 Å². The van der Waals surface area contributed by atoms with Gasteiger partial charge in [0.05, 0.1) is 24.4 Å². The molecule has 1 aromatic heterocycles. The average Bonchev–Trinajstić information content (AvgIpc) is 3.56. The summed E-state index contributed by atoms with van der Waals surface area (Å²) >= 11 is 0. The Labute approximate surface area is 218 Å². The first kappa shape index (κ1) is 25.0. The number of nitro benzene ring substituents is 1. The van der Waals surface area contributed by atoms with E-state index in [-0.39, 0.29) is 48.7 Å². The maximum Gasteiger partial charge on any atom is 0.270 e. The monoisotopic (exact) mass is 517 g/mol. The lowest BCUT2D eigenvalue weighted by molar-refractivity contribution is -0.384. The Morgan fingerprint density at radius 1 is 1.03 bits per heavy atom. The highest BCUT2D eigenvalue weighted by Crippen LogP contribution is 2.39. The van der Waals surface area contributed by atoms with Crippen LogP contribution in [0, 0.1) is 10.1 Å². The predicted molar refractivity (Wildman–Crippen MR) is 137 cm³/mol. The number of furan rings is 1. The van der Waals surface area contributed by atoms with Crippen LogP contribution in [0.15, 0.2) is 77.4 Å². The molecule has 2 aliphatic rings. The van der Waals surface area contributed by atoms with Crippen LogP contribution < -0.4 is 10.2 Å². The van der Waals surface area contributed by atoms with Gasteiger partial charge in [-0.2, -0.15) is 0 Å². The minimum absolute atomic E-state index is 0.0963. The van der Waals surface area contributed by atoms with E-state index in [0.29, 0.717) is 31.7 Å². The molecule has 11 heteroatoms. The van der Waals surface area contributed by atoms with Crippen molar-refractivity contribution >= 4 is 29.1 Å². The van der Waals surface area contributed by atoms with Gasteiger partial charge in [0.1, 0.15) is 17.8 Å². The summed E-state index contributed by atoms with van der Waals surface area (Å²) in [4.78, 5) is 55.4. The van der Waals surface area contributed by atoms with Gasteiger partial charge < -0.3 is 24.4 Å². The van der Waals surface area contributed by atoms with Crippen LogP contribution in [0.2, 0.25) is 0 Å². The smallest absolute Gasteiger partial charge is 0.270 e. The fourth-order valence-corrected chi connectivity index (χ4v) is 5.17. The molecule has 0 atom stereocenters. The number of rotatable bonds is 7. The Hall–Kier alpha value is -4.67. The highest BCUT2D eigenvalue weighted by molar-refractivity contribution is 5.98. The molecule has 0 saturated carbocycles. The van der Waals surface area contributed by atoms with E-state index < -0.39 is 10.5 Å². The van der Waals surface area contributed by atoms with Gasteiger partial charge in [0, 0.05) is 36.5 Å². The summed E-state index contributed by atoms with van der Waals surface area (Å²) in [5, 5.41) is 13.9. The highest BCUT2D eigenvalue weighted by atomic mass is 16.6. The van der Waals surface area contributed by atoms with Gasteiger partial charge in [0.15, 0.2) is 0 Å². The molecule has 3 aromatic rings. The maximum atomic E-state index is 13.8. The zero-order valence-corrected chi connectivity index (χ0v) is 20.6. The average molecular weight is 518 g/mol. The highest BCUT2D eigenvalue weighted by Gasteiger charge is 2.54. The van der Waals surface area contributed by atoms with Crippen molar-refractivity contribution in [3.05, 3.63) is 94.4 Å². The van der Waals surface area contributed by atoms with Crippen LogP contribution in [-0.4, -0.2) is 64.3 Å². The van der Waals surface area contributed by atoms with Crippen LogP contribution in [-0.2, 0) is 16.1 Å². The Morgan fingerprint density at radius 2 is 1.79 bits per heavy atom. The van der Waals surface area contributed by atoms with Crippen molar-refractivity contribution < 1.29 is 23.7 Å². The Bertz CT molecular complexity index is 1340. The molecule has 5 rings (SSSR count). The van der Waals surface area contributed by atoms with Crippen LogP contribution in [0.1, 0.15) is 29.0 Å². The standard InChI is InChI=1S/C27H27N5O6/c33-24(28-17-23-10-5-15-38-23)18-30-19-31(21-7-2-1-3-8-21)27(26(30)35)11-13-29(14-12-27)25(34)20-6-4-9-22(16-20)32(36)37/h1-10,15-16H,11-14,17-19H2,(H,28,33). The maximum absolute atomic E-state index is 13.8. The van der Waals surface area contributed by atoms with E-state index in [1.165, 1.54) is 24.5 Å². The third-order valence-corrected chi connectivity index (χ3v) is 7.14. The minimum Gasteiger partial charge on any atom is -0.467 e. The van der Waals surface area contributed by atoms with E-state index in [4.69, 9.17) is 4.42 Å². The van der Waals surface area contributed by atoms with Gasteiger partial charge >= 0.3 is 0 Å². The van der Waals surface area contributed by atoms with Gasteiger partial charge in [-0.05, 0) is 43.2 Å². The number of likely N-dealkylation sites (tertiary alicyclic amines) is 1. The van der Waals surface area contributed by atoms with E-state index in [1.54, 1.807) is 28.0 Å². The fourth-order valence-electron chi connectivity index (χ4n) is 5.17. The Morgan fingerprint density at radius 3 is 2.47 bits per heavy atom. The van der Waals surface area contributed by atoms with Gasteiger partial charge in [0.25, 0.3) is 17.5 Å². The summed E-state index contributed by atoms with van der Waals surface area (Å²) in [5.74, 6) is -0.140. The van der Waals surface area contributed by atoms with Crippen molar-refractivity contribution in [3.63, 3.8) is 0 Å².